The predicted octanol–water partition coefficient (Wildman–Crippen LogP) is 2.05. The molecule has 0 unspecified atom stereocenters. The molecule has 0 atom stereocenters. The summed E-state index contributed by atoms with van der Waals surface area (Å²) >= 11 is 1.58. The van der Waals surface area contributed by atoms with E-state index in [2.05, 4.69) is 10.1 Å². The first-order chi connectivity index (χ1) is 9.04. The molecule has 7 heteroatoms. The van der Waals surface area contributed by atoms with Crippen molar-refractivity contribution in [2.75, 3.05) is 5.73 Å². The zero-order valence-corrected chi connectivity index (χ0v) is 10.8. The van der Waals surface area contributed by atoms with E-state index >= 15 is 0 Å². The number of thiophene rings is 1. The zero-order chi connectivity index (χ0) is 13.6. The van der Waals surface area contributed by atoms with E-state index in [-0.39, 0.29) is 11.4 Å². The summed E-state index contributed by atoms with van der Waals surface area (Å²) in [5, 5.41) is 13.3. The normalized spacial score (nSPS) is 11.0. The van der Waals surface area contributed by atoms with Crippen LogP contribution in [0.5, 0.6) is 0 Å². The number of pyridine rings is 1. The molecule has 6 nitrogen and oxygen atoms in total. The molecule has 0 saturated carbocycles. The number of hydrogen-bond acceptors (Lipinski definition) is 5. The maximum Gasteiger partial charge on any atom is 0.335 e. The van der Waals surface area contributed by atoms with Crippen molar-refractivity contribution in [3.05, 3.63) is 34.7 Å². The number of fused-ring (bicyclic) bond motifs is 1. The van der Waals surface area contributed by atoms with Crippen LogP contribution in [0.1, 0.15) is 15.2 Å². The molecule has 0 aliphatic heterocycles. The number of nitrogen functional groups attached to an aromatic ring is 1. The third-order valence-electron chi connectivity index (χ3n) is 2.67. The van der Waals surface area contributed by atoms with Crippen LogP contribution >= 0.6 is 11.3 Å². The Morgan fingerprint density at radius 1 is 1.42 bits per heavy atom. The standard InChI is InChI=1S/C12H10N4O2S/c1-6-2-3-8(19-6)11-14-10-5-7(12(17)18)4-9(13)16(10)15-11/h2-5H,13H2,1H3,(H,17,18). The van der Waals surface area contributed by atoms with Crippen molar-refractivity contribution in [3.8, 4) is 10.7 Å². The maximum absolute atomic E-state index is 11.0. The second-order valence-electron chi connectivity index (χ2n) is 4.09. The van der Waals surface area contributed by atoms with Gasteiger partial charge in [-0.05, 0) is 31.2 Å². The predicted molar refractivity (Wildman–Crippen MR) is 72.4 cm³/mol. The highest BCUT2D eigenvalue weighted by atomic mass is 32.1. The van der Waals surface area contributed by atoms with E-state index in [4.69, 9.17) is 10.8 Å². The first-order valence-electron chi connectivity index (χ1n) is 5.51. The van der Waals surface area contributed by atoms with Gasteiger partial charge in [0.15, 0.2) is 11.5 Å². The van der Waals surface area contributed by atoms with Crippen LogP contribution in [-0.2, 0) is 0 Å². The van der Waals surface area contributed by atoms with E-state index in [1.807, 2.05) is 19.1 Å². The summed E-state index contributed by atoms with van der Waals surface area (Å²) in [7, 11) is 0. The number of nitrogens with two attached hydrogens (primary N) is 1. The molecule has 0 radical (unpaired) electrons. The maximum atomic E-state index is 11.0. The van der Waals surface area contributed by atoms with Crippen LogP contribution in [0, 0.1) is 6.92 Å². The Balaban J connectivity index is 2.20. The molecule has 3 aromatic rings. The number of carbonyl (C=O) groups is 1. The number of aryl methyl sites for hydroxylation is 1. The lowest BCUT2D eigenvalue weighted by molar-refractivity contribution is 0.0697. The van der Waals surface area contributed by atoms with Crippen LogP contribution in [0.3, 0.4) is 0 Å². The molecule has 19 heavy (non-hydrogen) atoms. The minimum Gasteiger partial charge on any atom is -0.478 e. The molecule has 3 rings (SSSR count). The van der Waals surface area contributed by atoms with Gasteiger partial charge in [-0.15, -0.1) is 16.4 Å². The number of carboxylic acids is 1. The van der Waals surface area contributed by atoms with Crippen molar-refractivity contribution in [1.29, 1.82) is 0 Å². The third kappa shape index (κ3) is 1.93. The highest BCUT2D eigenvalue weighted by Gasteiger charge is 2.13. The van der Waals surface area contributed by atoms with Gasteiger partial charge in [-0.1, -0.05) is 0 Å². The first-order valence-corrected chi connectivity index (χ1v) is 6.32. The number of aromatic nitrogens is 3. The van der Waals surface area contributed by atoms with Crippen LogP contribution in [0.2, 0.25) is 0 Å². The molecular weight excluding hydrogens is 264 g/mol. The van der Waals surface area contributed by atoms with Crippen LogP contribution in [-0.4, -0.2) is 25.7 Å². The van der Waals surface area contributed by atoms with Crippen molar-refractivity contribution in [1.82, 2.24) is 14.6 Å². The molecule has 96 valence electrons. The molecule has 3 aromatic heterocycles. The second kappa shape index (κ2) is 4.06. The van der Waals surface area contributed by atoms with Gasteiger partial charge in [0.1, 0.15) is 5.82 Å². The number of hydrogen-bond donors (Lipinski definition) is 2. The van der Waals surface area contributed by atoms with Gasteiger partial charge in [-0.2, -0.15) is 4.52 Å². The summed E-state index contributed by atoms with van der Waals surface area (Å²) < 4.78 is 1.44. The van der Waals surface area contributed by atoms with Gasteiger partial charge >= 0.3 is 5.97 Å². The van der Waals surface area contributed by atoms with Gasteiger partial charge in [0, 0.05) is 4.88 Å². The van der Waals surface area contributed by atoms with Gasteiger partial charge < -0.3 is 10.8 Å². The Labute approximate surface area is 112 Å². The molecule has 0 bridgehead atoms. The Morgan fingerprint density at radius 2 is 2.21 bits per heavy atom. The lowest BCUT2D eigenvalue weighted by atomic mass is 10.2. The highest BCUT2D eigenvalue weighted by Crippen LogP contribution is 2.26. The number of anilines is 1. The highest BCUT2D eigenvalue weighted by molar-refractivity contribution is 7.15. The summed E-state index contributed by atoms with van der Waals surface area (Å²) in [6.07, 6.45) is 0. The van der Waals surface area contributed by atoms with Crippen LogP contribution < -0.4 is 5.73 Å². The van der Waals surface area contributed by atoms with Crippen LogP contribution in [0.4, 0.5) is 5.82 Å². The molecule has 3 heterocycles. The third-order valence-corrected chi connectivity index (χ3v) is 3.67. The van der Waals surface area contributed by atoms with E-state index in [0.717, 1.165) is 9.75 Å². The van der Waals surface area contributed by atoms with Gasteiger partial charge in [0.2, 0.25) is 0 Å². The number of nitrogens with zero attached hydrogens (tertiary/aromatic N) is 3. The van der Waals surface area contributed by atoms with E-state index in [0.29, 0.717) is 11.5 Å². The van der Waals surface area contributed by atoms with E-state index in [9.17, 15) is 4.79 Å². The molecule has 0 aliphatic rings. The second-order valence-corrected chi connectivity index (χ2v) is 5.38. The van der Waals surface area contributed by atoms with Gasteiger partial charge in [0.25, 0.3) is 0 Å². The molecule has 0 spiro atoms. The molecule has 0 amide bonds. The average Bonchev–Trinajstić information content (AvgIpc) is 2.94. The largest absolute Gasteiger partial charge is 0.478 e. The Morgan fingerprint density at radius 3 is 2.84 bits per heavy atom. The Kier molecular flexibility index (Phi) is 2.49. The Bertz CT molecular complexity index is 790. The zero-order valence-electron chi connectivity index (χ0n) is 9.99. The SMILES string of the molecule is Cc1ccc(-c2nc3cc(C(=O)O)cc(N)n3n2)s1. The molecule has 0 aromatic carbocycles. The van der Waals surface area contributed by atoms with Crippen molar-refractivity contribution in [3.63, 3.8) is 0 Å². The summed E-state index contributed by atoms with van der Waals surface area (Å²) in [4.78, 5) is 17.4. The lowest BCUT2D eigenvalue weighted by Crippen LogP contribution is -2.03. The topological polar surface area (TPSA) is 93.5 Å². The number of rotatable bonds is 2. The summed E-state index contributed by atoms with van der Waals surface area (Å²) in [6, 6.07) is 6.74. The summed E-state index contributed by atoms with van der Waals surface area (Å²) in [5.74, 6) is -0.236. The minimum atomic E-state index is -1.04. The fourth-order valence-corrected chi connectivity index (χ4v) is 2.59. The van der Waals surface area contributed by atoms with Crippen LogP contribution in [0.15, 0.2) is 24.3 Å². The number of aromatic carboxylic acids is 1. The van der Waals surface area contributed by atoms with E-state index in [1.54, 1.807) is 11.3 Å². The minimum absolute atomic E-state index is 0.103. The molecule has 3 N–H and O–H groups in total. The van der Waals surface area contributed by atoms with Crippen molar-refractivity contribution < 1.29 is 9.90 Å². The molecule has 0 fully saturated rings. The molecular formula is C12H10N4O2S. The van der Waals surface area contributed by atoms with E-state index < -0.39 is 5.97 Å². The summed E-state index contributed by atoms with van der Waals surface area (Å²) in [5.41, 5.74) is 6.32. The smallest absolute Gasteiger partial charge is 0.335 e. The number of carboxylic acid groups (broad SMARTS) is 1. The van der Waals surface area contributed by atoms with Gasteiger partial charge in [-0.25, -0.2) is 9.78 Å². The fourth-order valence-electron chi connectivity index (χ4n) is 1.79. The van der Waals surface area contributed by atoms with Crippen LogP contribution in [0.25, 0.3) is 16.3 Å². The van der Waals surface area contributed by atoms with Crippen molar-refractivity contribution in [2.24, 2.45) is 0 Å². The monoisotopic (exact) mass is 274 g/mol. The quantitative estimate of drug-likeness (QED) is 0.746. The average molecular weight is 274 g/mol. The lowest BCUT2D eigenvalue weighted by Gasteiger charge is -1.99. The molecule has 0 aliphatic carbocycles. The fraction of sp³-hybridized carbons (Fsp3) is 0.0833. The molecule has 0 saturated heterocycles. The van der Waals surface area contributed by atoms with Crippen molar-refractivity contribution in [2.45, 2.75) is 6.92 Å². The van der Waals surface area contributed by atoms with Gasteiger partial charge in [-0.3, -0.25) is 0 Å². The Hall–Kier alpha value is -2.41. The first kappa shape index (κ1) is 11.7. The van der Waals surface area contributed by atoms with Gasteiger partial charge in [0.05, 0.1) is 10.4 Å². The van der Waals surface area contributed by atoms with E-state index in [1.165, 1.54) is 16.6 Å². The summed E-state index contributed by atoms with van der Waals surface area (Å²) in [6.45, 7) is 2.00. The van der Waals surface area contributed by atoms with Crippen molar-refractivity contribution >= 4 is 28.8 Å².